The molecule has 0 aromatic carbocycles. The molecular weight excluding hydrogens is 294 g/mol. The van der Waals surface area contributed by atoms with Crippen molar-refractivity contribution in [1.82, 2.24) is 15.0 Å². The number of anilines is 2. The molecule has 0 aliphatic carbocycles. The Kier molecular flexibility index (Phi) is 4.63. The fraction of sp³-hybridized carbons (Fsp3) is 0.417. The molecule has 2 aromatic rings. The lowest BCUT2D eigenvalue weighted by Gasteiger charge is -2.08. The van der Waals surface area contributed by atoms with Crippen molar-refractivity contribution < 1.29 is 14.1 Å². The molecule has 0 fully saturated rings. The lowest BCUT2D eigenvalue weighted by Crippen LogP contribution is -2.21. The van der Waals surface area contributed by atoms with Gasteiger partial charge in [-0.3, -0.25) is 4.79 Å². The zero-order valence-corrected chi connectivity index (χ0v) is 12.9. The van der Waals surface area contributed by atoms with Crippen LogP contribution >= 0.6 is 11.3 Å². The third kappa shape index (κ3) is 3.24. The number of methoxy groups -OCH3 is 1. The number of hydrogen-bond acceptors (Lipinski definition) is 8. The third-order valence-corrected chi connectivity index (χ3v) is 3.88. The Balaban J connectivity index is 2.11. The summed E-state index contributed by atoms with van der Waals surface area (Å²) >= 11 is 1.27. The highest BCUT2D eigenvalue weighted by Gasteiger charge is 2.22. The van der Waals surface area contributed by atoms with Gasteiger partial charge in [0.2, 0.25) is 6.39 Å². The molecule has 0 bridgehead atoms. The Bertz CT molecular complexity index is 609. The molecule has 1 amide bonds. The SMILES string of the molecule is COc1c(NCCc2ncon2)sc(C(=O)N(C)C)c1N. The van der Waals surface area contributed by atoms with E-state index in [0.717, 1.165) is 0 Å². The summed E-state index contributed by atoms with van der Waals surface area (Å²) < 4.78 is 9.94. The number of aromatic nitrogens is 2. The van der Waals surface area contributed by atoms with Crippen LogP contribution in [0.3, 0.4) is 0 Å². The van der Waals surface area contributed by atoms with Crippen molar-refractivity contribution in [2.24, 2.45) is 0 Å². The highest BCUT2D eigenvalue weighted by Crippen LogP contribution is 2.42. The summed E-state index contributed by atoms with van der Waals surface area (Å²) in [6.45, 7) is 0.575. The van der Waals surface area contributed by atoms with Gasteiger partial charge < -0.3 is 25.2 Å². The van der Waals surface area contributed by atoms with E-state index in [1.807, 2.05) is 0 Å². The van der Waals surface area contributed by atoms with Gasteiger partial charge in [-0.15, -0.1) is 11.3 Å². The lowest BCUT2D eigenvalue weighted by molar-refractivity contribution is 0.0833. The number of nitrogens with two attached hydrogens (primary N) is 1. The first-order chi connectivity index (χ1) is 10.0. The summed E-state index contributed by atoms with van der Waals surface area (Å²) in [5.41, 5.74) is 6.33. The summed E-state index contributed by atoms with van der Waals surface area (Å²) in [5, 5.41) is 7.62. The van der Waals surface area contributed by atoms with Gasteiger partial charge in [-0.25, -0.2) is 0 Å². The van der Waals surface area contributed by atoms with E-state index in [-0.39, 0.29) is 5.91 Å². The molecule has 0 spiro atoms. The van der Waals surface area contributed by atoms with Gasteiger partial charge in [0.1, 0.15) is 15.6 Å². The average Bonchev–Trinajstić information content (AvgIpc) is 3.06. The zero-order chi connectivity index (χ0) is 15.4. The van der Waals surface area contributed by atoms with Crippen LogP contribution in [0.2, 0.25) is 0 Å². The normalized spacial score (nSPS) is 10.4. The highest BCUT2D eigenvalue weighted by molar-refractivity contribution is 7.19. The summed E-state index contributed by atoms with van der Waals surface area (Å²) in [6, 6.07) is 0. The predicted molar refractivity (Wildman–Crippen MR) is 79.8 cm³/mol. The third-order valence-electron chi connectivity index (χ3n) is 2.75. The van der Waals surface area contributed by atoms with E-state index in [4.69, 9.17) is 10.5 Å². The van der Waals surface area contributed by atoms with Crippen molar-refractivity contribution in [1.29, 1.82) is 0 Å². The average molecular weight is 311 g/mol. The second kappa shape index (κ2) is 6.44. The molecule has 0 atom stereocenters. The van der Waals surface area contributed by atoms with Gasteiger partial charge >= 0.3 is 0 Å². The van der Waals surface area contributed by atoms with E-state index in [2.05, 4.69) is 20.0 Å². The van der Waals surface area contributed by atoms with E-state index in [1.54, 1.807) is 14.1 Å². The van der Waals surface area contributed by atoms with Crippen LogP contribution in [0.15, 0.2) is 10.9 Å². The minimum atomic E-state index is -0.151. The van der Waals surface area contributed by atoms with Gasteiger partial charge in [0.15, 0.2) is 11.6 Å². The standard InChI is InChI=1S/C12H17N5O3S/c1-17(2)12(18)10-8(13)9(19-3)11(21-10)14-5-4-7-15-6-20-16-7/h6,14H,4-5,13H2,1-3H3. The molecule has 8 nitrogen and oxygen atoms in total. The Hall–Kier alpha value is -2.29. The number of carbonyl (C=O) groups excluding carboxylic acids is 1. The molecule has 0 radical (unpaired) electrons. The van der Waals surface area contributed by atoms with Crippen LogP contribution < -0.4 is 15.8 Å². The molecule has 0 aliphatic rings. The van der Waals surface area contributed by atoms with E-state index >= 15 is 0 Å². The van der Waals surface area contributed by atoms with Crippen molar-refractivity contribution in [3.63, 3.8) is 0 Å². The number of carbonyl (C=O) groups is 1. The molecule has 0 saturated carbocycles. The summed E-state index contributed by atoms with van der Waals surface area (Å²) in [4.78, 5) is 17.9. The molecule has 0 unspecified atom stereocenters. The molecular formula is C12H17N5O3S. The van der Waals surface area contributed by atoms with E-state index in [9.17, 15) is 4.79 Å². The smallest absolute Gasteiger partial charge is 0.265 e. The van der Waals surface area contributed by atoms with E-state index in [1.165, 1.54) is 29.7 Å². The zero-order valence-electron chi connectivity index (χ0n) is 12.0. The Labute approximate surface area is 125 Å². The second-order valence-corrected chi connectivity index (χ2v) is 5.45. The second-order valence-electron chi connectivity index (χ2n) is 4.43. The molecule has 2 aromatic heterocycles. The van der Waals surface area contributed by atoms with Crippen LogP contribution in [0.4, 0.5) is 10.7 Å². The number of rotatable bonds is 6. The van der Waals surface area contributed by atoms with Crippen LogP contribution in [-0.2, 0) is 6.42 Å². The molecule has 2 heterocycles. The van der Waals surface area contributed by atoms with Gasteiger partial charge in [0.25, 0.3) is 5.91 Å². The lowest BCUT2D eigenvalue weighted by atomic mass is 10.3. The number of nitrogen functional groups attached to an aromatic ring is 1. The molecule has 3 N–H and O–H groups in total. The maximum Gasteiger partial charge on any atom is 0.265 e. The van der Waals surface area contributed by atoms with Gasteiger partial charge in [0, 0.05) is 27.1 Å². The minimum Gasteiger partial charge on any atom is -0.492 e. The van der Waals surface area contributed by atoms with Gasteiger partial charge in [0.05, 0.1) is 7.11 Å². The van der Waals surface area contributed by atoms with Crippen LogP contribution in [0.25, 0.3) is 0 Å². The first-order valence-corrected chi connectivity index (χ1v) is 7.03. The van der Waals surface area contributed by atoms with Gasteiger partial charge in [-0.2, -0.15) is 4.98 Å². The number of ether oxygens (including phenoxy) is 1. The fourth-order valence-corrected chi connectivity index (χ4v) is 2.84. The summed E-state index contributed by atoms with van der Waals surface area (Å²) in [5.74, 6) is 0.941. The van der Waals surface area contributed by atoms with Crippen molar-refractivity contribution in [2.45, 2.75) is 6.42 Å². The Morgan fingerprint density at radius 1 is 1.57 bits per heavy atom. The van der Waals surface area contributed by atoms with Crippen LogP contribution in [-0.4, -0.2) is 48.7 Å². The fourth-order valence-electron chi connectivity index (χ4n) is 1.70. The first kappa shape index (κ1) is 15.1. The molecule has 114 valence electrons. The molecule has 2 rings (SSSR count). The Morgan fingerprint density at radius 3 is 2.90 bits per heavy atom. The number of nitrogens with zero attached hydrogens (tertiary/aromatic N) is 3. The van der Waals surface area contributed by atoms with Crippen LogP contribution in [0.1, 0.15) is 15.5 Å². The predicted octanol–water partition coefficient (Wildman–Crippen LogP) is 1.08. The van der Waals surface area contributed by atoms with Crippen molar-refractivity contribution >= 4 is 27.9 Å². The molecule has 0 aliphatic heterocycles. The number of thiophene rings is 1. The minimum absolute atomic E-state index is 0.151. The maximum atomic E-state index is 12.0. The largest absolute Gasteiger partial charge is 0.492 e. The molecule has 21 heavy (non-hydrogen) atoms. The summed E-state index contributed by atoms with van der Waals surface area (Å²) in [6.07, 6.45) is 1.88. The van der Waals surface area contributed by atoms with Crippen molar-refractivity contribution in [3.05, 3.63) is 17.1 Å². The molecule has 0 saturated heterocycles. The monoisotopic (exact) mass is 311 g/mol. The van der Waals surface area contributed by atoms with Gasteiger partial charge in [-0.1, -0.05) is 5.16 Å². The van der Waals surface area contributed by atoms with E-state index in [0.29, 0.717) is 40.1 Å². The first-order valence-electron chi connectivity index (χ1n) is 6.21. The Morgan fingerprint density at radius 2 is 2.33 bits per heavy atom. The van der Waals surface area contributed by atoms with Crippen molar-refractivity contribution in [2.75, 3.05) is 38.8 Å². The number of nitrogens with one attached hydrogen (secondary N) is 1. The quantitative estimate of drug-likeness (QED) is 0.822. The number of hydrogen-bond donors (Lipinski definition) is 2. The molecule has 9 heteroatoms. The summed E-state index contributed by atoms with van der Waals surface area (Å²) in [7, 11) is 4.88. The maximum absolute atomic E-state index is 12.0. The van der Waals surface area contributed by atoms with Crippen LogP contribution in [0.5, 0.6) is 5.75 Å². The topological polar surface area (TPSA) is 107 Å². The number of amides is 1. The van der Waals surface area contributed by atoms with Crippen molar-refractivity contribution in [3.8, 4) is 5.75 Å². The highest BCUT2D eigenvalue weighted by atomic mass is 32.1. The van der Waals surface area contributed by atoms with Crippen LogP contribution in [0, 0.1) is 0 Å². The van der Waals surface area contributed by atoms with E-state index < -0.39 is 0 Å². The van der Waals surface area contributed by atoms with Gasteiger partial charge in [-0.05, 0) is 0 Å².